The van der Waals surface area contributed by atoms with Gasteiger partial charge >= 0.3 is 6.18 Å². The van der Waals surface area contributed by atoms with Crippen molar-refractivity contribution in [3.05, 3.63) is 53.3 Å². The van der Waals surface area contributed by atoms with Crippen LogP contribution in [0.5, 0.6) is 0 Å². The van der Waals surface area contributed by atoms with Crippen molar-refractivity contribution in [3.63, 3.8) is 0 Å². The minimum absolute atomic E-state index is 0.119. The van der Waals surface area contributed by atoms with Crippen molar-refractivity contribution >= 4 is 17.3 Å². The summed E-state index contributed by atoms with van der Waals surface area (Å²) >= 11 is 0. The minimum atomic E-state index is -4.52. The van der Waals surface area contributed by atoms with Crippen molar-refractivity contribution in [3.8, 4) is 0 Å². The van der Waals surface area contributed by atoms with E-state index in [1.165, 1.54) is 0 Å². The van der Waals surface area contributed by atoms with E-state index in [9.17, 15) is 18.0 Å². The number of anilines is 2. The zero-order valence-electron chi connectivity index (χ0n) is 12.1. The third-order valence-electron chi connectivity index (χ3n) is 3.83. The Morgan fingerprint density at radius 2 is 2.00 bits per heavy atom. The second-order valence-electron chi connectivity index (χ2n) is 5.34. The molecule has 7 heteroatoms. The second-order valence-corrected chi connectivity index (χ2v) is 5.34. The molecule has 1 aromatic heterocycles. The monoisotopic (exact) mass is 321 g/mol. The van der Waals surface area contributed by atoms with Crippen molar-refractivity contribution in [1.82, 2.24) is 4.98 Å². The standard InChI is InChI=1S/C16H14F3N3O/c17-16(18,19)14-7-6-10(9-21-14)15(23)22-8-2-3-11-12(20)4-1-5-13(11)22/h1,4-7,9H,2-3,8,20H2. The van der Waals surface area contributed by atoms with Crippen LogP contribution in [0.2, 0.25) is 0 Å². The second kappa shape index (κ2) is 5.57. The Morgan fingerprint density at radius 3 is 2.65 bits per heavy atom. The van der Waals surface area contributed by atoms with E-state index in [-0.39, 0.29) is 11.5 Å². The van der Waals surface area contributed by atoms with E-state index in [0.717, 1.165) is 36.7 Å². The van der Waals surface area contributed by atoms with Gasteiger partial charge in [0.15, 0.2) is 0 Å². The molecule has 1 amide bonds. The van der Waals surface area contributed by atoms with Gasteiger partial charge in [0, 0.05) is 24.1 Å². The van der Waals surface area contributed by atoms with Gasteiger partial charge in [0.1, 0.15) is 5.69 Å². The first kappa shape index (κ1) is 15.3. The molecule has 2 heterocycles. The molecule has 0 radical (unpaired) electrons. The molecule has 2 N–H and O–H groups in total. The van der Waals surface area contributed by atoms with Crippen molar-refractivity contribution in [2.75, 3.05) is 17.2 Å². The molecule has 0 fully saturated rings. The average molecular weight is 321 g/mol. The summed E-state index contributed by atoms with van der Waals surface area (Å²) in [6.45, 7) is 0.496. The average Bonchev–Trinajstić information content (AvgIpc) is 2.53. The third-order valence-corrected chi connectivity index (χ3v) is 3.83. The Bertz CT molecular complexity index is 741. The molecule has 1 aliphatic heterocycles. The van der Waals surface area contributed by atoms with Crippen LogP contribution in [-0.4, -0.2) is 17.4 Å². The normalized spacial score (nSPS) is 14.5. The molecule has 4 nitrogen and oxygen atoms in total. The largest absolute Gasteiger partial charge is 0.433 e. The topological polar surface area (TPSA) is 59.2 Å². The van der Waals surface area contributed by atoms with Crippen molar-refractivity contribution in [1.29, 1.82) is 0 Å². The number of benzene rings is 1. The van der Waals surface area contributed by atoms with Crippen LogP contribution in [0.3, 0.4) is 0 Å². The molecule has 2 aromatic rings. The van der Waals surface area contributed by atoms with Crippen molar-refractivity contribution in [2.45, 2.75) is 19.0 Å². The first-order chi connectivity index (χ1) is 10.9. The Morgan fingerprint density at radius 1 is 1.22 bits per heavy atom. The van der Waals surface area contributed by atoms with Gasteiger partial charge in [-0.3, -0.25) is 9.78 Å². The lowest BCUT2D eigenvalue weighted by Gasteiger charge is -2.30. The third kappa shape index (κ3) is 2.86. The van der Waals surface area contributed by atoms with Crippen LogP contribution in [0.15, 0.2) is 36.5 Å². The predicted octanol–water partition coefficient (Wildman–Crippen LogP) is 3.28. The predicted molar refractivity (Wildman–Crippen MR) is 80.1 cm³/mol. The number of nitrogens with two attached hydrogens (primary N) is 1. The highest BCUT2D eigenvalue weighted by Crippen LogP contribution is 2.32. The van der Waals surface area contributed by atoms with Crippen LogP contribution in [0.4, 0.5) is 24.5 Å². The number of rotatable bonds is 1. The van der Waals surface area contributed by atoms with Gasteiger partial charge in [-0.25, -0.2) is 0 Å². The van der Waals surface area contributed by atoms with Crippen LogP contribution in [0.25, 0.3) is 0 Å². The fraction of sp³-hybridized carbons (Fsp3) is 0.250. The van der Waals surface area contributed by atoms with E-state index < -0.39 is 11.9 Å². The van der Waals surface area contributed by atoms with E-state index in [1.807, 2.05) is 0 Å². The first-order valence-electron chi connectivity index (χ1n) is 7.10. The summed E-state index contributed by atoms with van der Waals surface area (Å²) < 4.78 is 37.6. The number of hydrogen-bond donors (Lipinski definition) is 1. The maximum atomic E-state index is 12.6. The highest BCUT2D eigenvalue weighted by molar-refractivity contribution is 6.06. The molecule has 23 heavy (non-hydrogen) atoms. The molecule has 0 bridgehead atoms. The lowest BCUT2D eigenvalue weighted by atomic mass is 9.99. The maximum Gasteiger partial charge on any atom is 0.433 e. The van der Waals surface area contributed by atoms with Gasteiger partial charge in [-0.2, -0.15) is 13.2 Å². The fourth-order valence-corrected chi connectivity index (χ4v) is 2.71. The maximum absolute atomic E-state index is 12.6. The molecule has 1 aliphatic rings. The lowest BCUT2D eigenvalue weighted by molar-refractivity contribution is -0.141. The molecule has 0 spiro atoms. The number of pyridine rings is 1. The lowest BCUT2D eigenvalue weighted by Crippen LogP contribution is -2.35. The SMILES string of the molecule is Nc1cccc2c1CCCN2C(=O)c1ccc(C(F)(F)F)nc1. The van der Waals surface area contributed by atoms with Crippen LogP contribution in [0, 0.1) is 0 Å². The number of carbonyl (C=O) groups excluding carboxylic acids is 1. The van der Waals surface area contributed by atoms with E-state index in [1.54, 1.807) is 23.1 Å². The summed E-state index contributed by atoms with van der Waals surface area (Å²) in [6, 6.07) is 7.29. The number of aromatic nitrogens is 1. The molecular weight excluding hydrogens is 307 g/mol. The molecule has 0 atom stereocenters. The van der Waals surface area contributed by atoms with Gasteiger partial charge in [0.2, 0.25) is 0 Å². The van der Waals surface area contributed by atoms with Crippen molar-refractivity contribution < 1.29 is 18.0 Å². The van der Waals surface area contributed by atoms with Gasteiger partial charge in [0.05, 0.1) is 5.56 Å². The zero-order chi connectivity index (χ0) is 16.6. The van der Waals surface area contributed by atoms with E-state index in [0.29, 0.717) is 17.9 Å². The number of nitrogen functional groups attached to an aromatic ring is 1. The van der Waals surface area contributed by atoms with E-state index in [2.05, 4.69) is 4.98 Å². The Kier molecular flexibility index (Phi) is 3.71. The number of hydrogen-bond acceptors (Lipinski definition) is 3. The number of halogens is 3. The summed E-state index contributed by atoms with van der Waals surface area (Å²) in [5, 5.41) is 0. The summed E-state index contributed by atoms with van der Waals surface area (Å²) in [5.41, 5.74) is 7.26. The van der Waals surface area contributed by atoms with Crippen LogP contribution < -0.4 is 10.6 Å². The van der Waals surface area contributed by atoms with Gasteiger partial charge < -0.3 is 10.6 Å². The summed E-state index contributed by atoms with van der Waals surface area (Å²) in [6.07, 6.45) is -2.03. The number of alkyl halides is 3. The quantitative estimate of drug-likeness (QED) is 0.820. The molecule has 3 rings (SSSR count). The summed E-state index contributed by atoms with van der Waals surface area (Å²) in [5.74, 6) is -0.377. The van der Waals surface area contributed by atoms with Crippen LogP contribution in [-0.2, 0) is 12.6 Å². The van der Waals surface area contributed by atoms with Gasteiger partial charge in [-0.1, -0.05) is 6.07 Å². The summed E-state index contributed by atoms with van der Waals surface area (Å²) in [7, 11) is 0. The van der Waals surface area contributed by atoms with Gasteiger partial charge in [-0.15, -0.1) is 0 Å². The Balaban J connectivity index is 1.92. The smallest absolute Gasteiger partial charge is 0.398 e. The first-order valence-corrected chi connectivity index (χ1v) is 7.10. The highest BCUT2D eigenvalue weighted by Gasteiger charge is 2.33. The fourth-order valence-electron chi connectivity index (χ4n) is 2.71. The van der Waals surface area contributed by atoms with Gasteiger partial charge in [0.25, 0.3) is 5.91 Å². The molecular formula is C16H14F3N3O. The zero-order valence-corrected chi connectivity index (χ0v) is 12.1. The van der Waals surface area contributed by atoms with Crippen LogP contribution in [0.1, 0.15) is 28.0 Å². The van der Waals surface area contributed by atoms with Crippen LogP contribution >= 0.6 is 0 Å². The number of amides is 1. The minimum Gasteiger partial charge on any atom is -0.398 e. The number of nitrogens with zero attached hydrogens (tertiary/aromatic N) is 2. The molecule has 0 saturated carbocycles. The molecule has 120 valence electrons. The molecule has 1 aromatic carbocycles. The number of carbonyl (C=O) groups is 1. The van der Waals surface area contributed by atoms with Crippen molar-refractivity contribution in [2.24, 2.45) is 0 Å². The Labute approximate surface area is 130 Å². The molecule has 0 aliphatic carbocycles. The Hall–Kier alpha value is -2.57. The number of fused-ring (bicyclic) bond motifs is 1. The highest BCUT2D eigenvalue weighted by atomic mass is 19.4. The van der Waals surface area contributed by atoms with Gasteiger partial charge in [-0.05, 0) is 42.7 Å². The van der Waals surface area contributed by atoms with E-state index in [4.69, 9.17) is 5.73 Å². The molecule has 0 saturated heterocycles. The summed E-state index contributed by atoms with van der Waals surface area (Å²) in [4.78, 5) is 17.5. The molecule has 0 unspecified atom stereocenters. The van der Waals surface area contributed by atoms with E-state index >= 15 is 0 Å².